The van der Waals surface area contributed by atoms with Crippen molar-refractivity contribution >= 4 is 5.69 Å². The molecule has 1 aromatic carbocycles. The maximum absolute atomic E-state index is 5.69. The number of nitrogens with two attached hydrogens (primary N) is 1. The SMILES string of the molecule is CC1CCOc2ccc(N)cc21. The van der Waals surface area contributed by atoms with Gasteiger partial charge in [0.1, 0.15) is 5.75 Å². The van der Waals surface area contributed by atoms with Gasteiger partial charge < -0.3 is 10.5 Å². The quantitative estimate of drug-likeness (QED) is 0.595. The molecule has 0 saturated heterocycles. The molecule has 0 aromatic heterocycles. The van der Waals surface area contributed by atoms with Gasteiger partial charge in [-0.3, -0.25) is 0 Å². The van der Waals surface area contributed by atoms with Crippen molar-refractivity contribution in [3.63, 3.8) is 0 Å². The van der Waals surface area contributed by atoms with E-state index in [2.05, 4.69) is 6.92 Å². The van der Waals surface area contributed by atoms with Crippen LogP contribution in [0.25, 0.3) is 0 Å². The van der Waals surface area contributed by atoms with Crippen LogP contribution in [0.2, 0.25) is 0 Å². The predicted octanol–water partition coefficient (Wildman–Crippen LogP) is 2.15. The summed E-state index contributed by atoms with van der Waals surface area (Å²) < 4.78 is 5.49. The first kappa shape index (κ1) is 7.47. The third kappa shape index (κ3) is 1.13. The molecule has 64 valence electrons. The largest absolute Gasteiger partial charge is 0.493 e. The summed E-state index contributed by atoms with van der Waals surface area (Å²) in [5, 5.41) is 0. The molecule has 2 rings (SSSR count). The van der Waals surface area contributed by atoms with Crippen molar-refractivity contribution in [3.05, 3.63) is 23.8 Å². The summed E-state index contributed by atoms with van der Waals surface area (Å²) in [7, 11) is 0. The molecule has 1 unspecified atom stereocenters. The van der Waals surface area contributed by atoms with Crippen molar-refractivity contribution in [2.75, 3.05) is 12.3 Å². The molecular formula is C10H13NO. The zero-order chi connectivity index (χ0) is 8.55. The smallest absolute Gasteiger partial charge is 0.122 e. The summed E-state index contributed by atoms with van der Waals surface area (Å²) in [5.41, 5.74) is 7.76. The average molecular weight is 163 g/mol. The van der Waals surface area contributed by atoms with Gasteiger partial charge in [-0.1, -0.05) is 6.92 Å². The highest BCUT2D eigenvalue weighted by Gasteiger charge is 2.16. The first-order chi connectivity index (χ1) is 5.77. The number of benzene rings is 1. The molecular weight excluding hydrogens is 150 g/mol. The number of hydrogen-bond acceptors (Lipinski definition) is 2. The van der Waals surface area contributed by atoms with Crippen molar-refractivity contribution in [2.45, 2.75) is 19.3 Å². The van der Waals surface area contributed by atoms with Crippen LogP contribution in [0, 0.1) is 0 Å². The minimum absolute atomic E-state index is 0.581. The summed E-state index contributed by atoms with van der Waals surface area (Å²) in [4.78, 5) is 0. The van der Waals surface area contributed by atoms with Crippen molar-refractivity contribution in [2.24, 2.45) is 0 Å². The fourth-order valence-corrected chi connectivity index (χ4v) is 1.58. The van der Waals surface area contributed by atoms with Crippen LogP contribution in [0.4, 0.5) is 5.69 Å². The number of rotatable bonds is 0. The van der Waals surface area contributed by atoms with Crippen molar-refractivity contribution in [1.82, 2.24) is 0 Å². The monoisotopic (exact) mass is 163 g/mol. The zero-order valence-corrected chi connectivity index (χ0v) is 7.21. The Kier molecular flexibility index (Phi) is 1.68. The maximum atomic E-state index is 5.69. The lowest BCUT2D eigenvalue weighted by molar-refractivity contribution is 0.272. The molecule has 0 fully saturated rings. The minimum atomic E-state index is 0.581. The van der Waals surface area contributed by atoms with Gasteiger partial charge in [0.05, 0.1) is 6.61 Å². The van der Waals surface area contributed by atoms with E-state index in [1.54, 1.807) is 0 Å². The average Bonchev–Trinajstić information content (AvgIpc) is 2.07. The van der Waals surface area contributed by atoms with Gasteiger partial charge in [0.25, 0.3) is 0 Å². The molecule has 2 heteroatoms. The van der Waals surface area contributed by atoms with Gasteiger partial charge in [-0.15, -0.1) is 0 Å². The molecule has 0 saturated carbocycles. The maximum Gasteiger partial charge on any atom is 0.122 e. The highest BCUT2D eigenvalue weighted by Crippen LogP contribution is 2.34. The van der Waals surface area contributed by atoms with Gasteiger partial charge in [0, 0.05) is 5.69 Å². The van der Waals surface area contributed by atoms with Crippen LogP contribution in [0.1, 0.15) is 24.8 Å². The summed E-state index contributed by atoms with van der Waals surface area (Å²) in [6.07, 6.45) is 1.09. The second-order valence-electron chi connectivity index (χ2n) is 3.34. The molecule has 0 radical (unpaired) electrons. The van der Waals surface area contributed by atoms with Crippen molar-refractivity contribution in [3.8, 4) is 5.75 Å². The van der Waals surface area contributed by atoms with Gasteiger partial charge in [-0.2, -0.15) is 0 Å². The fourth-order valence-electron chi connectivity index (χ4n) is 1.58. The fraction of sp³-hybridized carbons (Fsp3) is 0.400. The van der Waals surface area contributed by atoms with E-state index in [4.69, 9.17) is 10.5 Å². The number of fused-ring (bicyclic) bond motifs is 1. The third-order valence-electron chi connectivity index (χ3n) is 2.37. The van der Waals surface area contributed by atoms with E-state index < -0.39 is 0 Å². The van der Waals surface area contributed by atoms with Crippen LogP contribution < -0.4 is 10.5 Å². The lowest BCUT2D eigenvalue weighted by Gasteiger charge is -2.22. The normalized spacial score (nSPS) is 21.2. The Balaban J connectivity index is 2.47. The topological polar surface area (TPSA) is 35.2 Å². The van der Waals surface area contributed by atoms with E-state index in [0.717, 1.165) is 24.5 Å². The second-order valence-corrected chi connectivity index (χ2v) is 3.34. The second kappa shape index (κ2) is 2.70. The van der Waals surface area contributed by atoms with E-state index >= 15 is 0 Å². The molecule has 1 atom stereocenters. The van der Waals surface area contributed by atoms with Crippen LogP contribution >= 0.6 is 0 Å². The molecule has 2 N–H and O–H groups in total. The van der Waals surface area contributed by atoms with Crippen molar-refractivity contribution < 1.29 is 4.74 Å². The van der Waals surface area contributed by atoms with Crippen LogP contribution in [0.3, 0.4) is 0 Å². The van der Waals surface area contributed by atoms with Gasteiger partial charge in [-0.25, -0.2) is 0 Å². The molecule has 1 heterocycles. The molecule has 1 aromatic rings. The molecule has 0 aliphatic carbocycles. The molecule has 1 aliphatic heterocycles. The van der Waals surface area contributed by atoms with E-state index in [1.165, 1.54) is 5.56 Å². The molecule has 1 aliphatic rings. The Bertz CT molecular complexity index is 296. The van der Waals surface area contributed by atoms with Crippen molar-refractivity contribution in [1.29, 1.82) is 0 Å². The Morgan fingerprint density at radius 1 is 1.50 bits per heavy atom. The van der Waals surface area contributed by atoms with E-state index in [-0.39, 0.29) is 0 Å². The van der Waals surface area contributed by atoms with E-state index in [0.29, 0.717) is 5.92 Å². The summed E-state index contributed by atoms with van der Waals surface area (Å²) in [5.74, 6) is 1.58. The highest BCUT2D eigenvalue weighted by molar-refractivity contribution is 5.49. The molecule has 2 nitrogen and oxygen atoms in total. The first-order valence-electron chi connectivity index (χ1n) is 4.29. The Morgan fingerprint density at radius 3 is 3.17 bits per heavy atom. The van der Waals surface area contributed by atoms with E-state index in [1.807, 2.05) is 18.2 Å². The van der Waals surface area contributed by atoms with Gasteiger partial charge in [0.2, 0.25) is 0 Å². The molecule has 0 bridgehead atoms. The van der Waals surface area contributed by atoms with Crippen LogP contribution in [-0.4, -0.2) is 6.61 Å². The lowest BCUT2D eigenvalue weighted by Crippen LogP contribution is -2.12. The Labute approximate surface area is 72.3 Å². The number of anilines is 1. The van der Waals surface area contributed by atoms with Gasteiger partial charge in [0.15, 0.2) is 0 Å². The number of nitrogen functional groups attached to an aromatic ring is 1. The summed E-state index contributed by atoms with van der Waals surface area (Å²) >= 11 is 0. The Hall–Kier alpha value is -1.18. The Morgan fingerprint density at radius 2 is 2.33 bits per heavy atom. The van der Waals surface area contributed by atoms with Gasteiger partial charge >= 0.3 is 0 Å². The first-order valence-corrected chi connectivity index (χ1v) is 4.29. The van der Waals surface area contributed by atoms with Crippen LogP contribution in [0.5, 0.6) is 5.75 Å². The van der Waals surface area contributed by atoms with Crippen LogP contribution in [-0.2, 0) is 0 Å². The summed E-state index contributed by atoms with van der Waals surface area (Å²) in [6.45, 7) is 3.04. The summed E-state index contributed by atoms with van der Waals surface area (Å²) in [6, 6.07) is 5.86. The van der Waals surface area contributed by atoms with E-state index in [9.17, 15) is 0 Å². The number of hydrogen-bond donors (Lipinski definition) is 1. The third-order valence-corrected chi connectivity index (χ3v) is 2.37. The zero-order valence-electron chi connectivity index (χ0n) is 7.21. The molecule has 12 heavy (non-hydrogen) atoms. The van der Waals surface area contributed by atoms with Gasteiger partial charge in [-0.05, 0) is 36.1 Å². The van der Waals surface area contributed by atoms with Crippen LogP contribution in [0.15, 0.2) is 18.2 Å². The standard InChI is InChI=1S/C10H13NO/c1-7-4-5-12-10-3-2-8(11)6-9(7)10/h2-3,6-7H,4-5,11H2,1H3. The molecule has 0 spiro atoms. The minimum Gasteiger partial charge on any atom is -0.493 e. The number of ether oxygens (including phenoxy) is 1. The lowest BCUT2D eigenvalue weighted by atomic mass is 9.95. The highest BCUT2D eigenvalue weighted by atomic mass is 16.5. The predicted molar refractivity (Wildman–Crippen MR) is 49.4 cm³/mol. The molecule has 0 amide bonds.